The molecule has 5 heteroatoms. The average molecular weight is 326 g/mol. The highest BCUT2D eigenvalue weighted by Crippen LogP contribution is 2.12. The fourth-order valence-corrected chi connectivity index (χ4v) is 2.03. The van der Waals surface area contributed by atoms with E-state index in [4.69, 9.17) is 4.74 Å². The van der Waals surface area contributed by atoms with Crippen LogP contribution in [0.4, 0.5) is 5.69 Å². The van der Waals surface area contributed by atoms with E-state index in [-0.39, 0.29) is 24.5 Å². The van der Waals surface area contributed by atoms with Crippen LogP contribution in [0.3, 0.4) is 0 Å². The number of carbonyl (C=O) groups is 2. The first kappa shape index (κ1) is 17.5. The Morgan fingerprint density at radius 1 is 1.00 bits per heavy atom. The Labute approximate surface area is 142 Å². The van der Waals surface area contributed by atoms with Gasteiger partial charge in [-0.05, 0) is 57.2 Å². The molecular weight excluding hydrogens is 304 g/mol. The molecular formula is C19H22N2O3. The monoisotopic (exact) mass is 326 g/mol. The van der Waals surface area contributed by atoms with Gasteiger partial charge >= 0.3 is 0 Å². The minimum Gasteiger partial charge on any atom is -0.484 e. The molecule has 2 rings (SSSR count). The molecule has 126 valence electrons. The molecule has 0 radical (unpaired) electrons. The summed E-state index contributed by atoms with van der Waals surface area (Å²) in [5.74, 6) is 0.261. The Bertz CT molecular complexity index is 692. The van der Waals surface area contributed by atoms with Crippen LogP contribution in [0.1, 0.15) is 29.8 Å². The van der Waals surface area contributed by atoms with Crippen LogP contribution in [0.15, 0.2) is 48.5 Å². The Balaban J connectivity index is 1.85. The lowest BCUT2D eigenvalue weighted by Crippen LogP contribution is -2.30. The maximum absolute atomic E-state index is 11.9. The van der Waals surface area contributed by atoms with E-state index in [1.807, 2.05) is 45.0 Å². The van der Waals surface area contributed by atoms with Gasteiger partial charge in [0, 0.05) is 17.3 Å². The molecule has 0 heterocycles. The van der Waals surface area contributed by atoms with Gasteiger partial charge in [0.05, 0.1) is 0 Å². The highest BCUT2D eigenvalue weighted by molar-refractivity contribution is 5.96. The van der Waals surface area contributed by atoms with Crippen LogP contribution in [0.25, 0.3) is 0 Å². The number of aryl methyl sites for hydroxylation is 1. The highest BCUT2D eigenvalue weighted by Gasteiger charge is 2.08. The number of carbonyl (C=O) groups excluding carboxylic acids is 2. The smallest absolute Gasteiger partial charge is 0.262 e. The highest BCUT2D eigenvalue weighted by atomic mass is 16.5. The summed E-state index contributed by atoms with van der Waals surface area (Å²) in [5, 5.41) is 5.55. The van der Waals surface area contributed by atoms with Crippen molar-refractivity contribution in [3.8, 4) is 5.75 Å². The van der Waals surface area contributed by atoms with Gasteiger partial charge in [0.25, 0.3) is 11.8 Å². The topological polar surface area (TPSA) is 67.4 Å². The van der Waals surface area contributed by atoms with Gasteiger partial charge in [0.2, 0.25) is 0 Å². The maximum atomic E-state index is 11.9. The molecule has 0 unspecified atom stereocenters. The van der Waals surface area contributed by atoms with Crippen molar-refractivity contribution in [3.63, 3.8) is 0 Å². The summed E-state index contributed by atoms with van der Waals surface area (Å²) < 4.78 is 5.42. The Kier molecular flexibility index (Phi) is 5.95. The van der Waals surface area contributed by atoms with Crippen LogP contribution in [0, 0.1) is 6.92 Å². The van der Waals surface area contributed by atoms with Crippen LogP contribution < -0.4 is 15.4 Å². The molecule has 0 spiro atoms. The minimum absolute atomic E-state index is 0.0708. The predicted octanol–water partition coefficient (Wildman–Crippen LogP) is 3.15. The molecule has 0 aliphatic rings. The summed E-state index contributed by atoms with van der Waals surface area (Å²) in [5.41, 5.74) is 2.31. The summed E-state index contributed by atoms with van der Waals surface area (Å²) >= 11 is 0. The normalized spacial score (nSPS) is 10.3. The van der Waals surface area contributed by atoms with Gasteiger partial charge in [0.15, 0.2) is 6.61 Å². The predicted molar refractivity (Wildman–Crippen MR) is 94.3 cm³/mol. The first-order valence-corrected chi connectivity index (χ1v) is 7.84. The average Bonchev–Trinajstić information content (AvgIpc) is 2.54. The number of anilines is 1. The van der Waals surface area contributed by atoms with Gasteiger partial charge in [0.1, 0.15) is 5.75 Å². The maximum Gasteiger partial charge on any atom is 0.262 e. The van der Waals surface area contributed by atoms with Gasteiger partial charge in [-0.25, -0.2) is 0 Å². The minimum atomic E-state index is -0.255. The van der Waals surface area contributed by atoms with Crippen LogP contribution in [-0.2, 0) is 4.79 Å². The van der Waals surface area contributed by atoms with E-state index in [0.29, 0.717) is 17.0 Å². The largest absolute Gasteiger partial charge is 0.484 e. The second kappa shape index (κ2) is 8.15. The molecule has 24 heavy (non-hydrogen) atoms. The molecule has 0 saturated heterocycles. The Morgan fingerprint density at radius 2 is 1.62 bits per heavy atom. The van der Waals surface area contributed by atoms with E-state index < -0.39 is 0 Å². The molecule has 0 fully saturated rings. The second-order valence-corrected chi connectivity index (χ2v) is 5.86. The van der Waals surface area contributed by atoms with Crippen molar-refractivity contribution in [2.24, 2.45) is 0 Å². The molecule has 0 atom stereocenters. The third-order valence-corrected chi connectivity index (χ3v) is 3.24. The first-order valence-electron chi connectivity index (χ1n) is 7.84. The Morgan fingerprint density at radius 3 is 2.21 bits per heavy atom. The van der Waals surface area contributed by atoms with E-state index in [1.54, 1.807) is 24.3 Å². The van der Waals surface area contributed by atoms with Crippen molar-refractivity contribution in [1.82, 2.24) is 5.32 Å². The standard InChI is InChI=1S/C19H22N2O3/c1-13(2)20-19(23)15-6-8-16(9-7-15)21-18(22)12-24-17-10-4-14(3)5-11-17/h4-11,13H,12H2,1-3H3,(H,20,23)(H,21,22). The lowest BCUT2D eigenvalue weighted by molar-refractivity contribution is -0.118. The fourth-order valence-electron chi connectivity index (χ4n) is 2.03. The molecule has 0 bridgehead atoms. The zero-order chi connectivity index (χ0) is 17.5. The SMILES string of the molecule is Cc1ccc(OCC(=O)Nc2ccc(C(=O)NC(C)C)cc2)cc1. The molecule has 0 saturated carbocycles. The van der Waals surface area contributed by atoms with Crippen molar-refractivity contribution in [3.05, 3.63) is 59.7 Å². The van der Waals surface area contributed by atoms with E-state index in [0.717, 1.165) is 5.56 Å². The molecule has 2 aromatic rings. The van der Waals surface area contributed by atoms with E-state index >= 15 is 0 Å². The summed E-state index contributed by atoms with van der Waals surface area (Å²) in [6.07, 6.45) is 0. The molecule has 0 aliphatic heterocycles. The van der Waals surface area contributed by atoms with Crippen LogP contribution >= 0.6 is 0 Å². The first-order chi connectivity index (χ1) is 11.4. The summed E-state index contributed by atoms with van der Waals surface area (Å²) in [6, 6.07) is 14.3. The van der Waals surface area contributed by atoms with Gasteiger partial charge in [-0.2, -0.15) is 0 Å². The number of nitrogens with one attached hydrogen (secondary N) is 2. The lowest BCUT2D eigenvalue weighted by atomic mass is 10.2. The number of benzene rings is 2. The van der Waals surface area contributed by atoms with Gasteiger partial charge in [-0.1, -0.05) is 17.7 Å². The van der Waals surface area contributed by atoms with Gasteiger partial charge in [-0.15, -0.1) is 0 Å². The summed E-state index contributed by atoms with van der Waals surface area (Å²) in [6.45, 7) is 5.72. The van der Waals surface area contributed by atoms with E-state index in [2.05, 4.69) is 10.6 Å². The Hall–Kier alpha value is -2.82. The molecule has 0 aromatic heterocycles. The van der Waals surface area contributed by atoms with Crippen LogP contribution in [0.5, 0.6) is 5.75 Å². The van der Waals surface area contributed by atoms with Crippen molar-refractivity contribution < 1.29 is 14.3 Å². The van der Waals surface area contributed by atoms with Crippen molar-refractivity contribution >= 4 is 17.5 Å². The molecule has 2 N–H and O–H groups in total. The molecule has 5 nitrogen and oxygen atoms in total. The molecule has 2 aromatic carbocycles. The quantitative estimate of drug-likeness (QED) is 0.857. The lowest BCUT2D eigenvalue weighted by Gasteiger charge is -2.10. The summed E-state index contributed by atoms with van der Waals surface area (Å²) in [7, 11) is 0. The number of hydrogen-bond donors (Lipinski definition) is 2. The second-order valence-electron chi connectivity index (χ2n) is 5.86. The van der Waals surface area contributed by atoms with Crippen molar-refractivity contribution in [2.45, 2.75) is 26.8 Å². The number of hydrogen-bond acceptors (Lipinski definition) is 3. The third-order valence-electron chi connectivity index (χ3n) is 3.24. The van der Waals surface area contributed by atoms with Crippen molar-refractivity contribution in [2.75, 3.05) is 11.9 Å². The van der Waals surface area contributed by atoms with E-state index in [1.165, 1.54) is 0 Å². The van der Waals surface area contributed by atoms with Gasteiger partial charge in [-0.3, -0.25) is 9.59 Å². The van der Waals surface area contributed by atoms with Gasteiger partial charge < -0.3 is 15.4 Å². The molecule has 0 aliphatic carbocycles. The van der Waals surface area contributed by atoms with Crippen LogP contribution in [-0.4, -0.2) is 24.5 Å². The van der Waals surface area contributed by atoms with Crippen molar-refractivity contribution in [1.29, 1.82) is 0 Å². The number of rotatable bonds is 6. The zero-order valence-corrected chi connectivity index (χ0v) is 14.1. The zero-order valence-electron chi connectivity index (χ0n) is 14.1. The molecule has 2 amide bonds. The van der Waals surface area contributed by atoms with E-state index in [9.17, 15) is 9.59 Å². The number of amides is 2. The summed E-state index contributed by atoms with van der Waals surface area (Å²) in [4.78, 5) is 23.8. The third kappa shape index (κ3) is 5.43. The fraction of sp³-hybridized carbons (Fsp3) is 0.263. The number of ether oxygens (including phenoxy) is 1. The van der Waals surface area contributed by atoms with Crippen LogP contribution in [0.2, 0.25) is 0 Å².